The Morgan fingerprint density at radius 2 is 1.54 bits per heavy atom. The van der Waals surface area contributed by atoms with E-state index in [1.165, 1.54) is 25.7 Å². The predicted molar refractivity (Wildman–Crippen MR) is 135 cm³/mol. The number of piperazine rings is 1. The van der Waals surface area contributed by atoms with Crippen LogP contribution in [-0.4, -0.2) is 61.7 Å². The largest absolute Gasteiger partial charge is 0.496 e. The van der Waals surface area contributed by atoms with Crippen molar-refractivity contribution in [3.8, 4) is 5.75 Å². The van der Waals surface area contributed by atoms with E-state index < -0.39 is 35.2 Å². The highest BCUT2D eigenvalue weighted by Gasteiger charge is 2.37. The first kappa shape index (κ1) is 29.0. The topological polar surface area (TPSA) is 56.8 Å². The summed E-state index contributed by atoms with van der Waals surface area (Å²) in [6, 6.07) is 7.71. The number of nitrogens with one attached hydrogen (secondary N) is 2. The number of para-hydroxylation sites is 1. The fourth-order valence-electron chi connectivity index (χ4n) is 5.45. The van der Waals surface area contributed by atoms with Crippen molar-refractivity contribution in [2.45, 2.75) is 50.1 Å². The molecule has 2 aromatic carbocycles. The van der Waals surface area contributed by atoms with Crippen LogP contribution in [0.2, 0.25) is 0 Å². The summed E-state index contributed by atoms with van der Waals surface area (Å²) >= 11 is 0. The number of amides is 2. The van der Waals surface area contributed by atoms with E-state index in [0.717, 1.165) is 31.7 Å². The molecule has 1 aliphatic heterocycles. The normalized spacial score (nSPS) is 18.6. The van der Waals surface area contributed by atoms with Gasteiger partial charge in [-0.15, -0.1) is 0 Å². The van der Waals surface area contributed by atoms with Crippen LogP contribution in [0.4, 0.5) is 36.8 Å². The zero-order chi connectivity index (χ0) is 28.2. The number of benzene rings is 2. The first-order valence-corrected chi connectivity index (χ1v) is 12.9. The molecule has 2 N–H and O–H groups in total. The maximum atomic E-state index is 13.2. The molecule has 39 heavy (non-hydrogen) atoms. The summed E-state index contributed by atoms with van der Waals surface area (Å²) < 4.78 is 84.7. The number of rotatable bonds is 7. The van der Waals surface area contributed by atoms with Gasteiger partial charge < -0.3 is 15.4 Å². The zero-order valence-electron chi connectivity index (χ0n) is 21.5. The number of hydrogen-bond donors (Lipinski definition) is 2. The molecular formula is C27H32F6N4O2. The number of ether oxygens (including phenoxy) is 1. The molecule has 214 valence electrons. The van der Waals surface area contributed by atoms with Crippen molar-refractivity contribution < 1.29 is 35.9 Å². The van der Waals surface area contributed by atoms with E-state index in [9.17, 15) is 31.1 Å². The molecule has 0 aromatic heterocycles. The number of anilines is 1. The van der Waals surface area contributed by atoms with Gasteiger partial charge in [0.1, 0.15) is 5.75 Å². The van der Waals surface area contributed by atoms with Crippen molar-refractivity contribution >= 4 is 11.7 Å². The van der Waals surface area contributed by atoms with Crippen LogP contribution in [0, 0.1) is 0 Å². The molecule has 6 nitrogen and oxygen atoms in total. The van der Waals surface area contributed by atoms with Crippen molar-refractivity contribution in [1.82, 2.24) is 15.1 Å². The average Bonchev–Trinajstić information content (AvgIpc) is 3.43. The lowest BCUT2D eigenvalue weighted by atomic mass is 10.0. The highest BCUT2D eigenvalue weighted by Crippen LogP contribution is 2.37. The lowest BCUT2D eigenvalue weighted by Gasteiger charge is -2.42. The molecular weight excluding hydrogens is 526 g/mol. The van der Waals surface area contributed by atoms with Crippen LogP contribution in [0.25, 0.3) is 0 Å². The van der Waals surface area contributed by atoms with Gasteiger partial charge in [0, 0.05) is 50.0 Å². The highest BCUT2D eigenvalue weighted by atomic mass is 19.4. The fourth-order valence-corrected chi connectivity index (χ4v) is 5.45. The molecule has 2 aromatic rings. The fraction of sp³-hybridized carbons (Fsp3) is 0.519. The molecule has 0 spiro atoms. The smallest absolute Gasteiger partial charge is 0.416 e. The molecule has 1 atom stereocenters. The number of halogens is 6. The van der Waals surface area contributed by atoms with Crippen LogP contribution < -0.4 is 15.4 Å². The Bertz CT molecular complexity index is 1090. The quantitative estimate of drug-likeness (QED) is 0.400. The Morgan fingerprint density at radius 3 is 2.10 bits per heavy atom. The lowest BCUT2D eigenvalue weighted by Crippen LogP contribution is -2.52. The van der Waals surface area contributed by atoms with E-state index >= 15 is 0 Å². The summed E-state index contributed by atoms with van der Waals surface area (Å²) in [6.45, 7) is 3.29. The van der Waals surface area contributed by atoms with Gasteiger partial charge in [0.25, 0.3) is 0 Å². The number of methoxy groups -OCH3 is 1. The van der Waals surface area contributed by atoms with E-state index in [4.69, 9.17) is 4.74 Å². The highest BCUT2D eigenvalue weighted by molar-refractivity contribution is 5.89. The summed E-state index contributed by atoms with van der Waals surface area (Å²) in [7, 11) is 1.54. The second-order valence-electron chi connectivity index (χ2n) is 9.90. The van der Waals surface area contributed by atoms with E-state index in [1.807, 2.05) is 18.2 Å². The minimum absolute atomic E-state index is 0.0199. The predicted octanol–water partition coefficient (Wildman–Crippen LogP) is 6.16. The standard InChI is InChI=1S/C27H32F6N4O2/c1-39-24-9-5-4-8-22(24)23(37-12-10-36(11-13-37)21-6-2-3-7-21)17-34-25(38)35-20-15-18(26(28,29)30)14-19(16-20)27(31,32)33/h4-5,8-9,14-16,21,23H,2-3,6-7,10-13,17H2,1H3,(H2,34,35,38). The zero-order valence-corrected chi connectivity index (χ0v) is 21.5. The molecule has 0 radical (unpaired) electrons. The summed E-state index contributed by atoms with van der Waals surface area (Å²) in [5.74, 6) is 0.621. The van der Waals surface area contributed by atoms with E-state index in [1.54, 1.807) is 13.2 Å². The number of nitrogens with zero attached hydrogens (tertiary/aromatic N) is 2. The number of carbonyl (C=O) groups excluding carboxylic acids is 1. The third kappa shape index (κ3) is 7.36. The number of carbonyl (C=O) groups is 1. The Balaban J connectivity index is 1.48. The van der Waals surface area contributed by atoms with Crippen LogP contribution in [0.3, 0.4) is 0 Å². The third-order valence-electron chi connectivity index (χ3n) is 7.43. The lowest BCUT2D eigenvalue weighted by molar-refractivity contribution is -0.143. The second-order valence-corrected chi connectivity index (χ2v) is 9.90. The summed E-state index contributed by atoms with van der Waals surface area (Å²) in [4.78, 5) is 17.4. The van der Waals surface area contributed by atoms with Crippen LogP contribution in [0.5, 0.6) is 5.75 Å². The van der Waals surface area contributed by atoms with E-state index in [-0.39, 0.29) is 18.7 Å². The van der Waals surface area contributed by atoms with Crippen molar-refractivity contribution in [3.63, 3.8) is 0 Å². The van der Waals surface area contributed by atoms with Crippen molar-refractivity contribution in [2.75, 3.05) is 45.2 Å². The Labute approximate surface area is 223 Å². The van der Waals surface area contributed by atoms with Gasteiger partial charge in [0.15, 0.2) is 0 Å². The first-order valence-electron chi connectivity index (χ1n) is 12.9. The first-order chi connectivity index (χ1) is 18.5. The molecule has 4 rings (SSSR count). The molecule has 1 unspecified atom stereocenters. The van der Waals surface area contributed by atoms with E-state index in [0.29, 0.717) is 23.9 Å². The molecule has 1 saturated heterocycles. The molecule has 1 heterocycles. The second kappa shape index (κ2) is 12.0. The van der Waals surface area contributed by atoms with E-state index in [2.05, 4.69) is 20.4 Å². The summed E-state index contributed by atoms with van der Waals surface area (Å²) in [6.07, 6.45) is -5.14. The third-order valence-corrected chi connectivity index (χ3v) is 7.43. The molecule has 0 bridgehead atoms. The minimum atomic E-state index is -5.01. The van der Waals surface area contributed by atoms with Gasteiger partial charge in [0.05, 0.1) is 24.3 Å². The number of hydrogen-bond acceptors (Lipinski definition) is 4. The van der Waals surface area contributed by atoms with Gasteiger partial charge in [-0.05, 0) is 37.1 Å². The van der Waals surface area contributed by atoms with Crippen LogP contribution in [-0.2, 0) is 12.4 Å². The minimum Gasteiger partial charge on any atom is -0.496 e. The SMILES string of the molecule is COc1ccccc1C(CNC(=O)Nc1cc(C(F)(F)F)cc(C(F)(F)F)c1)N1CCN(C2CCCC2)CC1. The van der Waals surface area contributed by atoms with Crippen molar-refractivity contribution in [2.24, 2.45) is 0 Å². The summed E-state index contributed by atoms with van der Waals surface area (Å²) in [5, 5.41) is 4.78. The van der Waals surface area contributed by atoms with Crippen LogP contribution in [0.15, 0.2) is 42.5 Å². The molecule has 2 aliphatic rings. The monoisotopic (exact) mass is 558 g/mol. The molecule has 2 amide bonds. The average molecular weight is 559 g/mol. The van der Waals surface area contributed by atoms with Crippen molar-refractivity contribution in [1.29, 1.82) is 0 Å². The molecule has 12 heteroatoms. The van der Waals surface area contributed by atoms with Crippen LogP contribution >= 0.6 is 0 Å². The van der Waals surface area contributed by atoms with Gasteiger partial charge in [0.2, 0.25) is 0 Å². The maximum Gasteiger partial charge on any atom is 0.416 e. The van der Waals surface area contributed by atoms with Gasteiger partial charge in [-0.2, -0.15) is 26.3 Å². The number of urea groups is 1. The van der Waals surface area contributed by atoms with Gasteiger partial charge in [-0.1, -0.05) is 31.0 Å². The van der Waals surface area contributed by atoms with Crippen LogP contribution in [0.1, 0.15) is 48.4 Å². The maximum absolute atomic E-state index is 13.2. The Hall–Kier alpha value is -2.99. The Kier molecular flexibility index (Phi) is 8.95. The van der Waals surface area contributed by atoms with Gasteiger partial charge in [-0.3, -0.25) is 9.80 Å². The number of alkyl halides is 6. The molecule has 1 saturated carbocycles. The molecule has 2 fully saturated rings. The van der Waals surface area contributed by atoms with Gasteiger partial charge >= 0.3 is 18.4 Å². The van der Waals surface area contributed by atoms with Crippen molar-refractivity contribution in [3.05, 3.63) is 59.2 Å². The molecule has 1 aliphatic carbocycles. The Morgan fingerprint density at radius 1 is 0.949 bits per heavy atom. The summed E-state index contributed by atoms with van der Waals surface area (Å²) in [5.41, 5.74) is -2.78. The van der Waals surface area contributed by atoms with Gasteiger partial charge in [-0.25, -0.2) is 4.79 Å².